The molecule has 32 heavy (non-hydrogen) atoms. The molecule has 0 spiro atoms. The van der Waals surface area contributed by atoms with Crippen molar-refractivity contribution < 1.29 is 18.8 Å². The number of rotatable bonds is 7. The van der Waals surface area contributed by atoms with E-state index < -0.39 is 0 Å². The van der Waals surface area contributed by atoms with Crippen LogP contribution in [0.2, 0.25) is 0 Å². The molecule has 1 aromatic heterocycles. The van der Waals surface area contributed by atoms with E-state index in [4.69, 9.17) is 9.26 Å². The van der Waals surface area contributed by atoms with Crippen molar-refractivity contribution >= 4 is 17.4 Å². The molecular weight excluding hydrogens is 408 g/mol. The number of ketones is 1. The van der Waals surface area contributed by atoms with Crippen molar-refractivity contribution in [3.63, 3.8) is 0 Å². The van der Waals surface area contributed by atoms with Gasteiger partial charge in [0, 0.05) is 22.7 Å². The number of carbonyl (C=O) groups is 2. The Labute approximate surface area is 186 Å². The van der Waals surface area contributed by atoms with Gasteiger partial charge >= 0.3 is 0 Å². The first-order valence-electron chi connectivity index (χ1n) is 10.6. The number of piperidine rings is 1. The van der Waals surface area contributed by atoms with Crippen LogP contribution in [0.25, 0.3) is 11.4 Å². The van der Waals surface area contributed by atoms with Crippen LogP contribution in [0.1, 0.15) is 41.9 Å². The SMILES string of the molecule is COc1ccc(-c2noc(C3CCN(CC(=O)Nc4cccc(C(C)=O)c4)CC3)n2)cc1. The standard InChI is InChI=1S/C24H26N4O4/c1-16(29)19-4-3-5-20(14-19)25-22(30)15-28-12-10-18(11-13-28)24-26-23(27-32-24)17-6-8-21(31-2)9-7-17/h3-9,14,18H,10-13,15H2,1-2H3,(H,25,30). The summed E-state index contributed by atoms with van der Waals surface area (Å²) in [6, 6.07) is 14.5. The minimum atomic E-state index is -0.0938. The predicted octanol–water partition coefficient (Wildman–Crippen LogP) is 3.77. The van der Waals surface area contributed by atoms with Crippen molar-refractivity contribution in [3.8, 4) is 17.1 Å². The molecule has 1 saturated heterocycles. The Morgan fingerprint density at radius 3 is 2.59 bits per heavy atom. The van der Waals surface area contributed by atoms with E-state index in [0.717, 1.165) is 37.2 Å². The number of carbonyl (C=O) groups excluding carboxylic acids is 2. The topological polar surface area (TPSA) is 97.6 Å². The van der Waals surface area contributed by atoms with Gasteiger partial charge in [-0.2, -0.15) is 4.98 Å². The molecule has 2 heterocycles. The minimum absolute atomic E-state index is 0.0284. The molecule has 0 saturated carbocycles. The second-order valence-electron chi connectivity index (χ2n) is 7.92. The third-order valence-corrected chi connectivity index (χ3v) is 5.65. The Bertz CT molecular complexity index is 1090. The Kier molecular flexibility index (Phi) is 6.61. The molecular formula is C24H26N4O4. The van der Waals surface area contributed by atoms with E-state index in [1.165, 1.54) is 6.92 Å². The molecule has 3 aromatic rings. The van der Waals surface area contributed by atoms with Gasteiger partial charge < -0.3 is 14.6 Å². The van der Waals surface area contributed by atoms with E-state index in [2.05, 4.69) is 20.4 Å². The van der Waals surface area contributed by atoms with Gasteiger partial charge in [-0.1, -0.05) is 17.3 Å². The van der Waals surface area contributed by atoms with Crippen LogP contribution in [-0.4, -0.2) is 53.5 Å². The molecule has 0 bridgehead atoms. The van der Waals surface area contributed by atoms with Crippen molar-refractivity contribution in [1.82, 2.24) is 15.0 Å². The number of anilines is 1. The summed E-state index contributed by atoms with van der Waals surface area (Å²) in [5.74, 6) is 2.04. The average molecular weight is 434 g/mol. The molecule has 2 aromatic carbocycles. The van der Waals surface area contributed by atoms with Crippen molar-refractivity contribution in [2.24, 2.45) is 0 Å². The molecule has 0 unspecified atom stereocenters. The van der Waals surface area contributed by atoms with E-state index in [9.17, 15) is 9.59 Å². The summed E-state index contributed by atoms with van der Waals surface area (Å²) in [6.45, 7) is 3.35. The number of nitrogens with zero attached hydrogens (tertiary/aromatic N) is 3. The largest absolute Gasteiger partial charge is 0.497 e. The molecule has 1 aliphatic heterocycles. The lowest BCUT2D eigenvalue weighted by atomic mass is 9.97. The summed E-state index contributed by atoms with van der Waals surface area (Å²) in [4.78, 5) is 30.6. The fourth-order valence-electron chi connectivity index (χ4n) is 3.82. The zero-order valence-electron chi connectivity index (χ0n) is 18.2. The number of ether oxygens (including phenoxy) is 1. The molecule has 1 amide bonds. The number of Topliss-reactive ketones (excluding diaryl/α,β-unsaturated/α-hetero) is 1. The maximum Gasteiger partial charge on any atom is 0.238 e. The maximum absolute atomic E-state index is 12.4. The number of aromatic nitrogens is 2. The van der Waals surface area contributed by atoms with E-state index in [1.807, 2.05) is 24.3 Å². The second kappa shape index (κ2) is 9.74. The molecule has 8 nitrogen and oxygen atoms in total. The maximum atomic E-state index is 12.4. The number of methoxy groups -OCH3 is 1. The lowest BCUT2D eigenvalue weighted by Gasteiger charge is -2.29. The molecule has 4 rings (SSSR count). The van der Waals surface area contributed by atoms with Crippen molar-refractivity contribution in [3.05, 3.63) is 60.0 Å². The first kappa shape index (κ1) is 21.7. The van der Waals surface area contributed by atoms with Gasteiger partial charge in [0.25, 0.3) is 0 Å². The zero-order chi connectivity index (χ0) is 22.5. The zero-order valence-corrected chi connectivity index (χ0v) is 18.2. The summed E-state index contributed by atoms with van der Waals surface area (Å²) >= 11 is 0. The molecule has 1 fully saturated rings. The van der Waals surface area contributed by atoms with Gasteiger partial charge in [-0.05, 0) is 69.3 Å². The van der Waals surface area contributed by atoms with Gasteiger partial charge in [0.05, 0.1) is 13.7 Å². The Morgan fingerprint density at radius 1 is 1.16 bits per heavy atom. The van der Waals surface area contributed by atoms with E-state index in [1.54, 1.807) is 31.4 Å². The van der Waals surface area contributed by atoms with Crippen LogP contribution < -0.4 is 10.1 Å². The average Bonchev–Trinajstić information content (AvgIpc) is 3.30. The Balaban J connectivity index is 1.29. The molecule has 1 aliphatic rings. The molecule has 8 heteroatoms. The third kappa shape index (κ3) is 5.20. The predicted molar refractivity (Wildman–Crippen MR) is 120 cm³/mol. The van der Waals surface area contributed by atoms with Gasteiger partial charge in [-0.3, -0.25) is 14.5 Å². The molecule has 0 atom stereocenters. The van der Waals surface area contributed by atoms with Crippen LogP contribution in [0.4, 0.5) is 5.69 Å². The van der Waals surface area contributed by atoms with Gasteiger partial charge in [0.2, 0.25) is 17.6 Å². The molecule has 0 aliphatic carbocycles. The molecule has 166 valence electrons. The number of hydrogen-bond donors (Lipinski definition) is 1. The van der Waals surface area contributed by atoms with Crippen molar-refractivity contribution in [2.45, 2.75) is 25.7 Å². The van der Waals surface area contributed by atoms with Gasteiger partial charge in [-0.25, -0.2) is 0 Å². The second-order valence-corrected chi connectivity index (χ2v) is 7.92. The highest BCUT2D eigenvalue weighted by molar-refractivity contribution is 5.97. The van der Waals surface area contributed by atoms with Gasteiger partial charge in [0.15, 0.2) is 5.78 Å². The molecule has 1 N–H and O–H groups in total. The normalized spacial score (nSPS) is 14.8. The summed E-state index contributed by atoms with van der Waals surface area (Å²) in [5.41, 5.74) is 2.09. The summed E-state index contributed by atoms with van der Waals surface area (Å²) < 4.78 is 10.7. The fourth-order valence-corrected chi connectivity index (χ4v) is 3.82. The Morgan fingerprint density at radius 2 is 1.91 bits per heavy atom. The lowest BCUT2D eigenvalue weighted by Crippen LogP contribution is -2.38. The van der Waals surface area contributed by atoms with E-state index in [0.29, 0.717) is 29.5 Å². The minimum Gasteiger partial charge on any atom is -0.497 e. The van der Waals surface area contributed by atoms with Crippen LogP contribution in [0.3, 0.4) is 0 Å². The summed E-state index contributed by atoms with van der Waals surface area (Å²) in [5, 5.41) is 7.00. The first-order valence-corrected chi connectivity index (χ1v) is 10.6. The summed E-state index contributed by atoms with van der Waals surface area (Å²) in [6.07, 6.45) is 1.69. The third-order valence-electron chi connectivity index (χ3n) is 5.65. The highest BCUT2D eigenvalue weighted by Gasteiger charge is 2.26. The Hall–Kier alpha value is -3.52. The van der Waals surface area contributed by atoms with Crippen LogP contribution in [0.15, 0.2) is 53.1 Å². The fraction of sp³-hybridized carbons (Fsp3) is 0.333. The van der Waals surface area contributed by atoms with Crippen LogP contribution >= 0.6 is 0 Å². The highest BCUT2D eigenvalue weighted by atomic mass is 16.5. The van der Waals surface area contributed by atoms with Gasteiger partial charge in [0.1, 0.15) is 5.75 Å². The van der Waals surface area contributed by atoms with Crippen molar-refractivity contribution in [2.75, 3.05) is 32.1 Å². The number of likely N-dealkylation sites (tertiary alicyclic amines) is 1. The first-order chi connectivity index (χ1) is 15.5. The van der Waals surface area contributed by atoms with Crippen LogP contribution in [0.5, 0.6) is 5.75 Å². The monoisotopic (exact) mass is 434 g/mol. The lowest BCUT2D eigenvalue weighted by molar-refractivity contribution is -0.117. The number of benzene rings is 2. The highest BCUT2D eigenvalue weighted by Crippen LogP contribution is 2.29. The van der Waals surface area contributed by atoms with Crippen molar-refractivity contribution in [1.29, 1.82) is 0 Å². The number of nitrogens with one attached hydrogen (secondary N) is 1. The van der Waals surface area contributed by atoms with Gasteiger partial charge in [-0.15, -0.1) is 0 Å². The van der Waals surface area contributed by atoms with Crippen LogP contribution in [0, 0.1) is 0 Å². The van der Waals surface area contributed by atoms with Crippen LogP contribution in [-0.2, 0) is 4.79 Å². The summed E-state index contributed by atoms with van der Waals surface area (Å²) in [7, 11) is 1.63. The number of amides is 1. The van der Waals surface area contributed by atoms with E-state index in [-0.39, 0.29) is 17.6 Å². The van der Waals surface area contributed by atoms with E-state index >= 15 is 0 Å². The molecule has 0 radical (unpaired) electrons. The quantitative estimate of drug-likeness (QED) is 0.565. The number of hydrogen-bond acceptors (Lipinski definition) is 7. The smallest absolute Gasteiger partial charge is 0.238 e.